The number of hydrogen-bond acceptors (Lipinski definition) is 6. The Bertz CT molecular complexity index is 755. The van der Waals surface area contributed by atoms with Crippen molar-refractivity contribution in [1.82, 2.24) is 9.88 Å². The van der Waals surface area contributed by atoms with Gasteiger partial charge < -0.3 is 19.6 Å². The van der Waals surface area contributed by atoms with Crippen LogP contribution in [-0.2, 0) is 11.3 Å². The third-order valence-corrected chi connectivity index (χ3v) is 4.95. The molecule has 0 radical (unpaired) electrons. The van der Waals surface area contributed by atoms with Crippen LogP contribution in [0, 0.1) is 20.8 Å². The van der Waals surface area contributed by atoms with E-state index in [0.717, 1.165) is 66.6 Å². The van der Waals surface area contributed by atoms with Gasteiger partial charge in [-0.2, -0.15) is 0 Å². The quantitative estimate of drug-likeness (QED) is 0.855. The molecule has 26 heavy (non-hydrogen) atoms. The molecule has 2 aromatic rings. The highest BCUT2D eigenvalue weighted by Gasteiger charge is 2.22. The Labute approximate surface area is 155 Å². The Morgan fingerprint density at radius 1 is 1.27 bits per heavy atom. The molecular formula is C20H29N3O3. The first-order valence-electron chi connectivity index (χ1n) is 9.17. The second kappa shape index (κ2) is 8.20. The van der Waals surface area contributed by atoms with E-state index in [1.807, 2.05) is 19.9 Å². The molecule has 0 unspecified atom stereocenters. The average Bonchev–Trinajstić information content (AvgIpc) is 2.97. The molecule has 1 aromatic heterocycles. The second-order valence-electron chi connectivity index (χ2n) is 6.96. The number of hydrogen-bond donors (Lipinski definition) is 1. The number of aromatic nitrogens is 1. The number of morpholine rings is 1. The molecular weight excluding hydrogens is 330 g/mol. The SMILES string of the molecule is COc1cc(C)c(-c2nc(CN3CCO[C@H](CCN)C3)c(C)o2)cc1C. The molecule has 0 bridgehead atoms. The average molecular weight is 359 g/mol. The minimum Gasteiger partial charge on any atom is -0.496 e. The van der Waals surface area contributed by atoms with Gasteiger partial charge in [0.15, 0.2) is 0 Å². The van der Waals surface area contributed by atoms with Crippen molar-refractivity contribution in [2.45, 2.75) is 39.8 Å². The van der Waals surface area contributed by atoms with E-state index in [0.29, 0.717) is 12.4 Å². The van der Waals surface area contributed by atoms with Gasteiger partial charge in [-0.05, 0) is 57.0 Å². The maximum absolute atomic E-state index is 6.00. The molecule has 2 heterocycles. The van der Waals surface area contributed by atoms with Crippen LogP contribution in [0.2, 0.25) is 0 Å². The summed E-state index contributed by atoms with van der Waals surface area (Å²) >= 11 is 0. The molecule has 6 heteroatoms. The van der Waals surface area contributed by atoms with Crippen LogP contribution in [0.5, 0.6) is 5.75 Å². The number of rotatable bonds is 6. The lowest BCUT2D eigenvalue weighted by Gasteiger charge is -2.32. The fraction of sp³-hybridized carbons (Fsp3) is 0.550. The molecule has 0 amide bonds. The summed E-state index contributed by atoms with van der Waals surface area (Å²) in [7, 11) is 1.69. The normalized spacial score (nSPS) is 18.3. The minimum absolute atomic E-state index is 0.215. The lowest BCUT2D eigenvalue weighted by Crippen LogP contribution is -2.42. The number of nitrogens with two attached hydrogens (primary N) is 1. The number of ether oxygens (including phenoxy) is 2. The fourth-order valence-electron chi connectivity index (χ4n) is 3.43. The molecule has 1 fully saturated rings. The van der Waals surface area contributed by atoms with E-state index in [9.17, 15) is 0 Å². The van der Waals surface area contributed by atoms with Crippen LogP contribution < -0.4 is 10.5 Å². The van der Waals surface area contributed by atoms with E-state index in [1.54, 1.807) is 7.11 Å². The van der Waals surface area contributed by atoms with Crippen molar-refractivity contribution < 1.29 is 13.9 Å². The maximum Gasteiger partial charge on any atom is 0.226 e. The Morgan fingerprint density at radius 2 is 2.08 bits per heavy atom. The number of methoxy groups -OCH3 is 1. The summed E-state index contributed by atoms with van der Waals surface area (Å²) in [6.07, 6.45) is 1.11. The van der Waals surface area contributed by atoms with Crippen molar-refractivity contribution in [3.8, 4) is 17.2 Å². The molecule has 142 valence electrons. The van der Waals surface area contributed by atoms with Gasteiger partial charge in [0.2, 0.25) is 5.89 Å². The molecule has 2 N–H and O–H groups in total. The monoisotopic (exact) mass is 359 g/mol. The van der Waals surface area contributed by atoms with Crippen LogP contribution in [0.3, 0.4) is 0 Å². The largest absolute Gasteiger partial charge is 0.496 e. The molecule has 1 atom stereocenters. The Balaban J connectivity index is 1.78. The lowest BCUT2D eigenvalue weighted by atomic mass is 10.0. The van der Waals surface area contributed by atoms with Gasteiger partial charge in [-0.1, -0.05) is 0 Å². The third-order valence-electron chi connectivity index (χ3n) is 4.95. The van der Waals surface area contributed by atoms with E-state index < -0.39 is 0 Å². The van der Waals surface area contributed by atoms with Gasteiger partial charge in [0.05, 0.1) is 25.5 Å². The maximum atomic E-state index is 6.00. The first-order chi connectivity index (χ1) is 12.5. The van der Waals surface area contributed by atoms with Crippen LogP contribution >= 0.6 is 0 Å². The summed E-state index contributed by atoms with van der Waals surface area (Å²) in [5.41, 5.74) is 9.83. The number of aryl methyl sites for hydroxylation is 3. The summed E-state index contributed by atoms with van der Waals surface area (Å²) in [6.45, 7) is 10.0. The minimum atomic E-state index is 0.215. The van der Waals surface area contributed by atoms with E-state index >= 15 is 0 Å². The molecule has 1 aromatic carbocycles. The van der Waals surface area contributed by atoms with Crippen molar-refractivity contribution in [3.05, 3.63) is 34.7 Å². The van der Waals surface area contributed by atoms with Crippen LogP contribution in [0.1, 0.15) is 29.0 Å². The first-order valence-corrected chi connectivity index (χ1v) is 9.17. The van der Waals surface area contributed by atoms with Gasteiger partial charge in [0, 0.05) is 25.2 Å². The molecule has 1 saturated heterocycles. The van der Waals surface area contributed by atoms with Crippen LogP contribution in [0.15, 0.2) is 16.5 Å². The van der Waals surface area contributed by atoms with E-state index in [1.165, 1.54) is 0 Å². The van der Waals surface area contributed by atoms with E-state index in [4.69, 9.17) is 24.6 Å². The predicted molar refractivity (Wildman–Crippen MR) is 101 cm³/mol. The second-order valence-corrected chi connectivity index (χ2v) is 6.96. The topological polar surface area (TPSA) is 73.8 Å². The zero-order chi connectivity index (χ0) is 18.7. The third kappa shape index (κ3) is 4.09. The Morgan fingerprint density at radius 3 is 2.81 bits per heavy atom. The van der Waals surface area contributed by atoms with Crippen molar-refractivity contribution in [3.63, 3.8) is 0 Å². The van der Waals surface area contributed by atoms with E-state index in [-0.39, 0.29) is 6.10 Å². The molecule has 0 saturated carbocycles. The highest BCUT2D eigenvalue weighted by atomic mass is 16.5. The lowest BCUT2D eigenvalue weighted by molar-refractivity contribution is -0.0339. The highest BCUT2D eigenvalue weighted by Crippen LogP contribution is 2.31. The summed E-state index contributed by atoms with van der Waals surface area (Å²) < 4.78 is 17.2. The van der Waals surface area contributed by atoms with Gasteiger partial charge in [0.1, 0.15) is 11.5 Å². The van der Waals surface area contributed by atoms with Gasteiger partial charge in [0.25, 0.3) is 0 Å². The highest BCUT2D eigenvalue weighted by molar-refractivity contribution is 5.62. The Hall–Kier alpha value is -1.89. The van der Waals surface area contributed by atoms with Gasteiger partial charge in [-0.3, -0.25) is 4.90 Å². The first kappa shape index (κ1) is 18.9. The number of nitrogens with zero attached hydrogens (tertiary/aromatic N) is 2. The fourth-order valence-corrected chi connectivity index (χ4v) is 3.43. The zero-order valence-electron chi connectivity index (χ0n) is 16.2. The summed E-state index contributed by atoms with van der Waals surface area (Å²) in [5.74, 6) is 2.43. The molecule has 1 aliphatic heterocycles. The van der Waals surface area contributed by atoms with Crippen molar-refractivity contribution in [2.24, 2.45) is 5.73 Å². The summed E-state index contributed by atoms with van der Waals surface area (Å²) in [4.78, 5) is 7.15. The van der Waals surface area contributed by atoms with Gasteiger partial charge >= 0.3 is 0 Å². The molecule has 6 nitrogen and oxygen atoms in total. The summed E-state index contributed by atoms with van der Waals surface area (Å²) in [5, 5.41) is 0. The van der Waals surface area contributed by atoms with Crippen molar-refractivity contribution in [1.29, 1.82) is 0 Å². The van der Waals surface area contributed by atoms with Gasteiger partial charge in [-0.25, -0.2) is 4.98 Å². The molecule has 0 aliphatic carbocycles. The van der Waals surface area contributed by atoms with Crippen LogP contribution in [0.25, 0.3) is 11.5 Å². The number of benzene rings is 1. The molecule has 3 rings (SSSR count). The number of oxazole rings is 1. The molecule has 0 spiro atoms. The predicted octanol–water partition coefficient (Wildman–Crippen LogP) is 2.83. The summed E-state index contributed by atoms with van der Waals surface area (Å²) in [6, 6.07) is 4.11. The van der Waals surface area contributed by atoms with Crippen LogP contribution in [0.4, 0.5) is 0 Å². The zero-order valence-corrected chi connectivity index (χ0v) is 16.2. The smallest absolute Gasteiger partial charge is 0.226 e. The standard InChI is InChI=1S/C20H29N3O3/c1-13-10-19(24-4)14(2)9-17(13)20-22-18(15(3)26-20)12-23-7-8-25-16(11-23)5-6-21/h9-10,16H,5-8,11-12,21H2,1-4H3/t16-/m1/s1. The van der Waals surface area contributed by atoms with Crippen LogP contribution in [-0.4, -0.2) is 49.3 Å². The van der Waals surface area contributed by atoms with Crippen molar-refractivity contribution in [2.75, 3.05) is 33.4 Å². The Kier molecular flexibility index (Phi) is 5.96. The molecule has 1 aliphatic rings. The van der Waals surface area contributed by atoms with Crippen molar-refractivity contribution >= 4 is 0 Å². The van der Waals surface area contributed by atoms with E-state index in [2.05, 4.69) is 17.9 Å². The van der Waals surface area contributed by atoms with Gasteiger partial charge in [-0.15, -0.1) is 0 Å².